The van der Waals surface area contributed by atoms with Gasteiger partial charge in [0.05, 0.1) is 12.2 Å². The molecule has 0 aromatic heterocycles. The summed E-state index contributed by atoms with van der Waals surface area (Å²) in [5, 5.41) is 0. The zero-order valence-electron chi connectivity index (χ0n) is 18.8. The van der Waals surface area contributed by atoms with Crippen LogP contribution >= 0.6 is 0 Å². The van der Waals surface area contributed by atoms with E-state index in [9.17, 15) is 4.79 Å². The molecular formula is C25H42O3. The topological polar surface area (TPSA) is 35.5 Å². The molecule has 0 radical (unpaired) electrons. The van der Waals surface area contributed by atoms with Crippen molar-refractivity contribution < 1.29 is 14.3 Å². The second kappa shape index (κ2) is 7.69. The maximum absolute atomic E-state index is 12.3. The number of carbonyl (C=O) groups is 1. The molecule has 0 saturated heterocycles. The van der Waals surface area contributed by atoms with Crippen LogP contribution in [0.1, 0.15) is 86.0 Å². The van der Waals surface area contributed by atoms with Gasteiger partial charge in [-0.05, 0) is 107 Å². The summed E-state index contributed by atoms with van der Waals surface area (Å²) in [5.41, 5.74) is 0.643. The summed E-state index contributed by atoms with van der Waals surface area (Å²) < 4.78 is 12.5. The molecule has 0 aromatic rings. The van der Waals surface area contributed by atoms with Crippen molar-refractivity contribution in [2.45, 2.75) is 98.2 Å². The summed E-state index contributed by atoms with van der Waals surface area (Å²) in [6.45, 7) is 12.7. The van der Waals surface area contributed by atoms with Crippen molar-refractivity contribution in [3.8, 4) is 0 Å². The maximum Gasteiger partial charge on any atom is 0.133 e. The molecule has 28 heavy (non-hydrogen) atoms. The fraction of sp³-hybridized carbons (Fsp3) is 0.960. The Morgan fingerprint density at radius 1 is 0.821 bits per heavy atom. The molecule has 4 rings (SSSR count). The Labute approximate surface area is 172 Å². The van der Waals surface area contributed by atoms with Gasteiger partial charge >= 0.3 is 0 Å². The molecule has 0 spiro atoms. The first kappa shape index (κ1) is 20.8. The first-order valence-corrected chi connectivity index (χ1v) is 12.1. The molecule has 0 unspecified atom stereocenters. The fourth-order valence-corrected chi connectivity index (χ4v) is 8.75. The number of fused-ring (bicyclic) bond motifs is 5. The monoisotopic (exact) mass is 390 g/mol. The van der Waals surface area contributed by atoms with Crippen molar-refractivity contribution in [1.29, 1.82) is 0 Å². The van der Waals surface area contributed by atoms with Gasteiger partial charge in [0, 0.05) is 19.1 Å². The Balaban J connectivity index is 1.59. The van der Waals surface area contributed by atoms with E-state index in [1.165, 1.54) is 38.5 Å². The third-order valence-corrected chi connectivity index (χ3v) is 9.90. The van der Waals surface area contributed by atoms with Crippen LogP contribution in [0.15, 0.2) is 0 Å². The molecule has 0 N–H and O–H groups in total. The van der Waals surface area contributed by atoms with Crippen molar-refractivity contribution in [1.82, 2.24) is 0 Å². The Morgan fingerprint density at radius 2 is 1.46 bits per heavy atom. The Bertz CT molecular complexity index is 588. The highest BCUT2D eigenvalue weighted by Gasteiger charge is 2.62. The number of carbonyl (C=O) groups excluding carboxylic acids is 1. The van der Waals surface area contributed by atoms with Crippen molar-refractivity contribution >= 4 is 5.78 Å². The molecule has 4 saturated carbocycles. The lowest BCUT2D eigenvalue weighted by Crippen LogP contribution is -2.59. The van der Waals surface area contributed by atoms with Gasteiger partial charge in [-0.2, -0.15) is 0 Å². The molecule has 0 heterocycles. The zero-order valence-corrected chi connectivity index (χ0v) is 18.8. The van der Waals surface area contributed by atoms with Crippen LogP contribution in [-0.2, 0) is 14.3 Å². The van der Waals surface area contributed by atoms with Crippen molar-refractivity contribution in [3.05, 3.63) is 0 Å². The minimum absolute atomic E-state index is 0.262. The third kappa shape index (κ3) is 3.02. The largest absolute Gasteiger partial charge is 0.376 e. The van der Waals surface area contributed by atoms with Crippen LogP contribution in [0.2, 0.25) is 0 Å². The number of Topliss-reactive ketones (excluding diaryl/α,β-unsaturated/α-hetero) is 1. The van der Waals surface area contributed by atoms with E-state index in [2.05, 4.69) is 27.7 Å². The average molecular weight is 391 g/mol. The smallest absolute Gasteiger partial charge is 0.133 e. The number of rotatable bonds is 5. The predicted octanol–water partition coefficient (Wildman–Crippen LogP) is 5.65. The van der Waals surface area contributed by atoms with Crippen molar-refractivity contribution in [3.63, 3.8) is 0 Å². The molecule has 0 aliphatic heterocycles. The first-order valence-electron chi connectivity index (χ1n) is 12.1. The molecule has 3 nitrogen and oxygen atoms in total. The van der Waals surface area contributed by atoms with E-state index in [4.69, 9.17) is 9.47 Å². The summed E-state index contributed by atoms with van der Waals surface area (Å²) in [6, 6.07) is 0. The minimum atomic E-state index is 0.262. The maximum atomic E-state index is 12.3. The van der Waals surface area contributed by atoms with Crippen molar-refractivity contribution in [2.75, 3.05) is 13.2 Å². The standard InChI is InChI=1S/C25H42O3/c1-6-27-22-13-15-25(5)20-12-14-24(4)18(16(3)26)10-11-19(24)17(20)8-9-21(25)23(22)28-7-2/h17-23H,6-15H2,1-5H3/t17-,18+,19-,20-,21-,22-,23-,24+,25+/m0/s1. The average Bonchev–Trinajstić information content (AvgIpc) is 3.01. The lowest BCUT2D eigenvalue weighted by Gasteiger charge is -2.62. The number of ether oxygens (including phenoxy) is 2. The van der Waals surface area contributed by atoms with Gasteiger partial charge in [-0.3, -0.25) is 4.79 Å². The van der Waals surface area contributed by atoms with Gasteiger partial charge in [0.15, 0.2) is 0 Å². The molecule has 4 fully saturated rings. The molecule has 0 bridgehead atoms. The van der Waals surface area contributed by atoms with Crippen LogP contribution in [0.4, 0.5) is 0 Å². The van der Waals surface area contributed by atoms with Crippen LogP contribution in [0.5, 0.6) is 0 Å². The van der Waals surface area contributed by atoms with E-state index in [0.29, 0.717) is 23.0 Å². The van der Waals surface area contributed by atoms with E-state index in [1.807, 2.05) is 6.92 Å². The molecule has 4 aliphatic rings. The number of hydrogen-bond acceptors (Lipinski definition) is 3. The van der Waals surface area contributed by atoms with Crippen molar-refractivity contribution in [2.24, 2.45) is 40.4 Å². The van der Waals surface area contributed by atoms with Crippen LogP contribution in [-0.4, -0.2) is 31.2 Å². The van der Waals surface area contributed by atoms with E-state index in [1.54, 1.807) is 0 Å². The molecule has 4 aliphatic carbocycles. The SMILES string of the molecule is CCO[C@@H]1[C@@H](OCC)CC[C@]2(C)[C@H]3CC[C@]4(C)[C@@H](C(C)=O)CC[C@H]4[C@@H]3CC[C@@H]12. The number of ketones is 1. The van der Waals surface area contributed by atoms with Crippen LogP contribution in [0, 0.1) is 40.4 Å². The lowest BCUT2D eigenvalue weighted by atomic mass is 9.44. The Hall–Kier alpha value is -0.410. The van der Waals surface area contributed by atoms with Gasteiger partial charge in [-0.1, -0.05) is 13.8 Å². The first-order chi connectivity index (χ1) is 13.4. The minimum Gasteiger partial charge on any atom is -0.376 e. The molecule has 3 heteroatoms. The van der Waals surface area contributed by atoms with Gasteiger partial charge in [0.2, 0.25) is 0 Å². The highest BCUT2D eigenvalue weighted by Crippen LogP contribution is 2.67. The normalized spacial score (nSPS) is 50.5. The fourth-order valence-electron chi connectivity index (χ4n) is 8.75. The van der Waals surface area contributed by atoms with Crippen LogP contribution < -0.4 is 0 Å². The second-order valence-electron chi connectivity index (χ2n) is 10.8. The van der Waals surface area contributed by atoms with Gasteiger partial charge in [0.25, 0.3) is 0 Å². The molecule has 0 amide bonds. The van der Waals surface area contributed by atoms with Crippen LogP contribution in [0.3, 0.4) is 0 Å². The Morgan fingerprint density at radius 3 is 2.14 bits per heavy atom. The zero-order chi connectivity index (χ0) is 20.1. The van der Waals surface area contributed by atoms with Gasteiger partial charge in [-0.15, -0.1) is 0 Å². The lowest BCUT2D eigenvalue weighted by molar-refractivity contribution is -0.198. The number of hydrogen-bond donors (Lipinski definition) is 0. The second-order valence-corrected chi connectivity index (χ2v) is 10.8. The van der Waals surface area contributed by atoms with E-state index < -0.39 is 0 Å². The Kier molecular flexibility index (Phi) is 5.72. The summed E-state index contributed by atoms with van der Waals surface area (Å²) in [4.78, 5) is 12.3. The molecule has 9 atom stereocenters. The summed E-state index contributed by atoms with van der Waals surface area (Å²) in [5.74, 6) is 3.77. The van der Waals surface area contributed by atoms with Gasteiger partial charge in [0.1, 0.15) is 5.78 Å². The van der Waals surface area contributed by atoms with Crippen LogP contribution in [0.25, 0.3) is 0 Å². The quantitative estimate of drug-likeness (QED) is 0.608. The highest BCUT2D eigenvalue weighted by molar-refractivity contribution is 5.79. The molecule has 160 valence electrons. The van der Waals surface area contributed by atoms with E-state index in [0.717, 1.165) is 43.8 Å². The summed E-state index contributed by atoms with van der Waals surface area (Å²) >= 11 is 0. The highest BCUT2D eigenvalue weighted by atomic mass is 16.5. The molecule has 0 aromatic carbocycles. The van der Waals surface area contributed by atoms with Gasteiger partial charge in [-0.25, -0.2) is 0 Å². The van der Waals surface area contributed by atoms with E-state index >= 15 is 0 Å². The summed E-state index contributed by atoms with van der Waals surface area (Å²) in [6.07, 6.45) is 10.6. The molecular weight excluding hydrogens is 348 g/mol. The predicted molar refractivity (Wildman–Crippen MR) is 112 cm³/mol. The van der Waals surface area contributed by atoms with E-state index in [-0.39, 0.29) is 17.6 Å². The summed E-state index contributed by atoms with van der Waals surface area (Å²) in [7, 11) is 0. The van der Waals surface area contributed by atoms with Gasteiger partial charge < -0.3 is 9.47 Å². The third-order valence-electron chi connectivity index (χ3n) is 9.90.